The smallest absolute Gasteiger partial charge is 0.222 e. The largest absolute Gasteiger partial charge is 0.357 e. The standard InChI is InChI=1S/C17H25FN4O/c1-3-16(23)22-10-9-15(12-22)21-17(19-4-2)20-11-13-5-7-14(18)8-6-13/h5-8,15H,3-4,9-12H2,1-2H3,(H2,19,20,21). The number of likely N-dealkylation sites (tertiary alicyclic amines) is 1. The number of halogens is 1. The maximum atomic E-state index is 12.9. The monoisotopic (exact) mass is 320 g/mol. The third-order valence-corrected chi connectivity index (χ3v) is 3.86. The molecule has 2 rings (SSSR count). The summed E-state index contributed by atoms with van der Waals surface area (Å²) in [6.45, 7) is 6.66. The minimum atomic E-state index is -0.241. The van der Waals surface area contributed by atoms with Gasteiger partial charge in [-0.05, 0) is 31.0 Å². The van der Waals surface area contributed by atoms with Crippen molar-refractivity contribution in [2.24, 2.45) is 4.99 Å². The van der Waals surface area contributed by atoms with E-state index in [1.807, 2.05) is 18.7 Å². The summed E-state index contributed by atoms with van der Waals surface area (Å²) in [5.41, 5.74) is 0.956. The number of carbonyl (C=O) groups is 1. The zero-order valence-corrected chi connectivity index (χ0v) is 13.8. The Bertz CT molecular complexity index is 544. The maximum Gasteiger partial charge on any atom is 0.222 e. The Morgan fingerprint density at radius 3 is 2.74 bits per heavy atom. The SMILES string of the molecule is CCNC(=NCc1ccc(F)cc1)NC1CCN(C(=O)CC)C1. The number of nitrogens with one attached hydrogen (secondary N) is 2. The van der Waals surface area contributed by atoms with Crippen molar-refractivity contribution in [1.29, 1.82) is 0 Å². The fourth-order valence-corrected chi connectivity index (χ4v) is 2.60. The van der Waals surface area contributed by atoms with E-state index in [2.05, 4.69) is 15.6 Å². The predicted octanol–water partition coefficient (Wildman–Crippen LogP) is 1.89. The van der Waals surface area contributed by atoms with Gasteiger partial charge in [0, 0.05) is 32.1 Å². The molecule has 0 bridgehead atoms. The molecule has 0 aliphatic carbocycles. The molecule has 1 aromatic carbocycles. The second kappa shape index (κ2) is 8.50. The van der Waals surface area contributed by atoms with Crippen LogP contribution >= 0.6 is 0 Å². The average Bonchev–Trinajstić information content (AvgIpc) is 3.02. The molecule has 1 heterocycles. The highest BCUT2D eigenvalue weighted by Crippen LogP contribution is 2.10. The topological polar surface area (TPSA) is 56.7 Å². The number of guanidine groups is 1. The van der Waals surface area contributed by atoms with Crippen LogP contribution in [0.1, 0.15) is 32.3 Å². The molecule has 126 valence electrons. The Morgan fingerprint density at radius 1 is 1.35 bits per heavy atom. The van der Waals surface area contributed by atoms with Crippen LogP contribution in [0.5, 0.6) is 0 Å². The molecule has 5 nitrogen and oxygen atoms in total. The Hall–Kier alpha value is -2.11. The normalized spacial score (nSPS) is 18.1. The molecule has 1 unspecified atom stereocenters. The maximum absolute atomic E-state index is 12.9. The van der Waals surface area contributed by atoms with Gasteiger partial charge in [-0.25, -0.2) is 9.38 Å². The third-order valence-electron chi connectivity index (χ3n) is 3.86. The van der Waals surface area contributed by atoms with Crippen molar-refractivity contribution >= 4 is 11.9 Å². The molecule has 1 aliphatic rings. The van der Waals surface area contributed by atoms with Crippen LogP contribution in [0.25, 0.3) is 0 Å². The zero-order chi connectivity index (χ0) is 16.7. The first kappa shape index (κ1) is 17.2. The van der Waals surface area contributed by atoms with Crippen molar-refractivity contribution in [3.05, 3.63) is 35.6 Å². The van der Waals surface area contributed by atoms with Crippen LogP contribution in [0.2, 0.25) is 0 Å². The van der Waals surface area contributed by atoms with E-state index >= 15 is 0 Å². The van der Waals surface area contributed by atoms with Crippen molar-refractivity contribution in [1.82, 2.24) is 15.5 Å². The lowest BCUT2D eigenvalue weighted by atomic mass is 10.2. The summed E-state index contributed by atoms with van der Waals surface area (Å²) in [4.78, 5) is 18.2. The van der Waals surface area contributed by atoms with Crippen LogP contribution in [0.15, 0.2) is 29.3 Å². The average molecular weight is 320 g/mol. The van der Waals surface area contributed by atoms with E-state index in [9.17, 15) is 9.18 Å². The molecule has 1 amide bonds. The highest BCUT2D eigenvalue weighted by Gasteiger charge is 2.25. The van der Waals surface area contributed by atoms with Gasteiger partial charge in [0.05, 0.1) is 6.54 Å². The molecule has 1 atom stereocenters. The summed E-state index contributed by atoms with van der Waals surface area (Å²) < 4.78 is 12.9. The number of benzene rings is 1. The highest BCUT2D eigenvalue weighted by atomic mass is 19.1. The van der Waals surface area contributed by atoms with Crippen LogP contribution in [-0.2, 0) is 11.3 Å². The van der Waals surface area contributed by atoms with Crippen molar-refractivity contribution in [3.8, 4) is 0 Å². The van der Waals surface area contributed by atoms with E-state index in [4.69, 9.17) is 0 Å². The summed E-state index contributed by atoms with van der Waals surface area (Å²) in [6.07, 6.45) is 1.47. The molecule has 0 spiro atoms. The van der Waals surface area contributed by atoms with Crippen LogP contribution in [-0.4, -0.2) is 42.4 Å². The van der Waals surface area contributed by atoms with Crippen LogP contribution < -0.4 is 10.6 Å². The van der Waals surface area contributed by atoms with Gasteiger partial charge in [0.2, 0.25) is 5.91 Å². The summed E-state index contributed by atoms with van der Waals surface area (Å²) in [6, 6.07) is 6.57. The van der Waals surface area contributed by atoms with Gasteiger partial charge in [-0.1, -0.05) is 19.1 Å². The predicted molar refractivity (Wildman–Crippen MR) is 89.6 cm³/mol. The summed E-state index contributed by atoms with van der Waals surface area (Å²) in [5.74, 6) is 0.685. The molecular formula is C17H25FN4O. The van der Waals surface area contributed by atoms with Gasteiger partial charge in [-0.2, -0.15) is 0 Å². The van der Waals surface area contributed by atoms with Crippen molar-refractivity contribution in [2.45, 2.75) is 39.3 Å². The Balaban J connectivity index is 1.92. The van der Waals surface area contributed by atoms with Crippen molar-refractivity contribution in [2.75, 3.05) is 19.6 Å². The summed E-state index contributed by atoms with van der Waals surface area (Å²) in [7, 11) is 0. The van der Waals surface area contributed by atoms with E-state index in [0.717, 1.165) is 31.0 Å². The van der Waals surface area contributed by atoms with E-state index in [0.29, 0.717) is 19.5 Å². The van der Waals surface area contributed by atoms with Gasteiger partial charge < -0.3 is 15.5 Å². The molecule has 0 aromatic heterocycles. The molecule has 2 N–H and O–H groups in total. The minimum absolute atomic E-state index is 0.197. The first-order valence-electron chi connectivity index (χ1n) is 8.19. The minimum Gasteiger partial charge on any atom is -0.357 e. The van der Waals surface area contributed by atoms with Crippen LogP contribution in [0.3, 0.4) is 0 Å². The van der Waals surface area contributed by atoms with Crippen LogP contribution in [0, 0.1) is 5.82 Å². The van der Waals surface area contributed by atoms with Crippen molar-refractivity contribution < 1.29 is 9.18 Å². The van der Waals surface area contributed by atoms with Gasteiger partial charge >= 0.3 is 0 Å². The van der Waals surface area contributed by atoms with Gasteiger partial charge in [0.25, 0.3) is 0 Å². The molecule has 1 saturated heterocycles. The molecule has 1 aromatic rings. The first-order valence-corrected chi connectivity index (χ1v) is 8.19. The molecule has 23 heavy (non-hydrogen) atoms. The van der Waals surface area contributed by atoms with Crippen LogP contribution in [0.4, 0.5) is 4.39 Å². The zero-order valence-electron chi connectivity index (χ0n) is 13.8. The number of aliphatic imine (C=N–C) groups is 1. The quantitative estimate of drug-likeness (QED) is 0.643. The van der Waals surface area contributed by atoms with Gasteiger partial charge in [-0.15, -0.1) is 0 Å². The number of rotatable bonds is 5. The second-order valence-electron chi connectivity index (χ2n) is 5.64. The number of carbonyl (C=O) groups excluding carboxylic acids is 1. The number of hydrogen-bond acceptors (Lipinski definition) is 2. The summed E-state index contributed by atoms with van der Waals surface area (Å²) >= 11 is 0. The van der Waals surface area contributed by atoms with Gasteiger partial charge in [-0.3, -0.25) is 4.79 Å². The molecule has 1 aliphatic heterocycles. The fourth-order valence-electron chi connectivity index (χ4n) is 2.60. The third kappa shape index (κ3) is 5.23. The summed E-state index contributed by atoms with van der Waals surface area (Å²) in [5, 5.41) is 6.59. The number of amides is 1. The van der Waals surface area contributed by atoms with E-state index in [1.54, 1.807) is 12.1 Å². The molecule has 0 radical (unpaired) electrons. The number of hydrogen-bond donors (Lipinski definition) is 2. The second-order valence-corrected chi connectivity index (χ2v) is 5.64. The van der Waals surface area contributed by atoms with Gasteiger partial charge in [0.1, 0.15) is 5.82 Å². The Labute approximate surface area is 137 Å². The van der Waals surface area contributed by atoms with Crippen molar-refractivity contribution in [3.63, 3.8) is 0 Å². The van der Waals surface area contributed by atoms with E-state index in [1.165, 1.54) is 12.1 Å². The molecule has 6 heteroatoms. The molecule has 1 fully saturated rings. The lowest BCUT2D eigenvalue weighted by Crippen LogP contribution is -2.45. The first-order chi connectivity index (χ1) is 11.1. The number of nitrogens with zero attached hydrogens (tertiary/aromatic N) is 2. The molecule has 0 saturated carbocycles. The van der Waals surface area contributed by atoms with Gasteiger partial charge in [0.15, 0.2) is 5.96 Å². The van der Waals surface area contributed by atoms with E-state index < -0.39 is 0 Å². The Morgan fingerprint density at radius 2 is 2.09 bits per heavy atom. The lowest BCUT2D eigenvalue weighted by Gasteiger charge is -2.18. The molecular weight excluding hydrogens is 295 g/mol. The highest BCUT2D eigenvalue weighted by molar-refractivity contribution is 5.80. The lowest BCUT2D eigenvalue weighted by molar-refractivity contribution is -0.129. The Kier molecular flexibility index (Phi) is 6.38. The fraction of sp³-hybridized carbons (Fsp3) is 0.529. The van der Waals surface area contributed by atoms with E-state index in [-0.39, 0.29) is 17.8 Å².